The maximum absolute atomic E-state index is 9.43. The maximum atomic E-state index is 9.43. The monoisotopic (exact) mass is 304 g/mol. The minimum Gasteiger partial charge on any atom is -0.567 e. The average molecular weight is 304 g/mol. The molecule has 1 heterocycles. The van der Waals surface area contributed by atoms with Gasteiger partial charge in [-0.25, -0.2) is 0 Å². The lowest BCUT2D eigenvalue weighted by Gasteiger charge is -2.41. The van der Waals surface area contributed by atoms with Gasteiger partial charge in [-0.2, -0.15) is 4.89 Å². The highest BCUT2D eigenvalue weighted by molar-refractivity contribution is 7.29. The van der Waals surface area contributed by atoms with Gasteiger partial charge >= 0.3 is 8.25 Å². The van der Waals surface area contributed by atoms with Gasteiger partial charge in [0.15, 0.2) is 0 Å². The molecule has 114 valence electrons. The summed E-state index contributed by atoms with van der Waals surface area (Å²) in [6.45, 7) is -1.21. The van der Waals surface area contributed by atoms with Crippen LogP contribution in [0.2, 0.25) is 0 Å². The smallest absolute Gasteiger partial charge is 0.485 e. The molecule has 0 saturated carbocycles. The zero-order valence-electron chi connectivity index (χ0n) is 9.68. The van der Waals surface area contributed by atoms with E-state index in [2.05, 4.69) is 0 Å². The van der Waals surface area contributed by atoms with Crippen molar-refractivity contribution in [3.05, 3.63) is 0 Å². The predicted octanol–water partition coefficient (Wildman–Crippen LogP) is -4.82. The van der Waals surface area contributed by atoms with E-state index in [4.69, 9.17) is 29.3 Å². The van der Waals surface area contributed by atoms with Crippen LogP contribution in [0.1, 0.15) is 0 Å². The van der Waals surface area contributed by atoms with E-state index in [1.54, 1.807) is 0 Å². The minimum atomic E-state index is -3.12. The van der Waals surface area contributed by atoms with Gasteiger partial charge in [0.1, 0.15) is 36.6 Å². The van der Waals surface area contributed by atoms with E-state index in [1.807, 2.05) is 0 Å². The second kappa shape index (κ2) is 8.82. The fourth-order valence-corrected chi connectivity index (χ4v) is 1.55. The lowest BCUT2D eigenvalue weighted by Crippen LogP contribution is -2.61. The molecule has 0 spiro atoms. The van der Waals surface area contributed by atoms with Crippen molar-refractivity contribution < 1.29 is 49.7 Å². The van der Waals surface area contributed by atoms with Gasteiger partial charge in [0, 0.05) is 0 Å². The summed E-state index contributed by atoms with van der Waals surface area (Å²) in [4.78, 5) is 15.6. The van der Waals surface area contributed by atoms with Gasteiger partial charge in [-0.1, -0.05) is 0 Å². The Balaban J connectivity index is 0.000000711. The van der Waals surface area contributed by atoms with Crippen molar-refractivity contribution in [1.82, 2.24) is 0 Å². The summed E-state index contributed by atoms with van der Waals surface area (Å²) in [6.07, 6.45) is -8.16. The first-order valence-corrected chi connectivity index (χ1v) is 6.32. The first-order valence-electron chi connectivity index (χ1n) is 5.18. The van der Waals surface area contributed by atoms with Crippen molar-refractivity contribution in [2.75, 3.05) is 13.2 Å². The summed E-state index contributed by atoms with van der Waals surface area (Å²) in [5, 5.41) is 54.9. The molecule has 1 fully saturated rings. The molecule has 0 bridgehead atoms. The number of ether oxygens (including phenoxy) is 1. The summed E-state index contributed by atoms with van der Waals surface area (Å²) in [6, 6.07) is 0. The van der Waals surface area contributed by atoms with Gasteiger partial charge in [0.05, 0.1) is 13.2 Å². The van der Waals surface area contributed by atoms with Crippen LogP contribution in [0.4, 0.5) is 0 Å². The zero-order chi connectivity index (χ0) is 15.2. The quantitative estimate of drug-likeness (QED) is 0.249. The third-order valence-electron chi connectivity index (χ3n) is 2.50. The van der Waals surface area contributed by atoms with E-state index in [0.29, 0.717) is 0 Å². The number of rotatable bonds is 3. The van der Waals surface area contributed by atoms with Crippen LogP contribution in [0.5, 0.6) is 0 Å². The summed E-state index contributed by atoms with van der Waals surface area (Å²) in [7, 11) is -3.12. The van der Waals surface area contributed by atoms with Gasteiger partial charge in [-0.15, -0.1) is 0 Å². The van der Waals surface area contributed by atoms with E-state index in [-0.39, 0.29) is 0 Å². The van der Waals surface area contributed by atoms with Gasteiger partial charge in [0.25, 0.3) is 0 Å². The first kappa shape index (κ1) is 18.7. The SMILES string of the molecule is O=[P+]([O-])O.OC[C@@H](O)C1O[C@@H](CO)C(O)[C@@H](O)[C@@H]1O. The van der Waals surface area contributed by atoms with Gasteiger partial charge in [-0.3, -0.25) is 0 Å². The second-order valence-corrected chi connectivity index (χ2v) is 4.26. The highest BCUT2D eigenvalue weighted by Gasteiger charge is 2.45. The van der Waals surface area contributed by atoms with E-state index in [0.717, 1.165) is 0 Å². The Bertz CT molecular complexity index is 270. The second-order valence-electron chi connectivity index (χ2n) is 3.78. The van der Waals surface area contributed by atoms with Crippen molar-refractivity contribution in [1.29, 1.82) is 0 Å². The summed E-state index contributed by atoms with van der Waals surface area (Å²) < 4.78 is 13.6. The van der Waals surface area contributed by atoms with Gasteiger partial charge in [-0.05, 0) is 4.57 Å². The zero-order valence-corrected chi connectivity index (χ0v) is 10.6. The summed E-state index contributed by atoms with van der Waals surface area (Å²) in [5.41, 5.74) is 0. The van der Waals surface area contributed by atoms with Crippen molar-refractivity contribution in [2.24, 2.45) is 0 Å². The van der Waals surface area contributed by atoms with Crippen LogP contribution in [0.25, 0.3) is 0 Å². The van der Waals surface area contributed by atoms with Crippen LogP contribution >= 0.6 is 8.25 Å². The molecule has 19 heavy (non-hydrogen) atoms. The summed E-state index contributed by atoms with van der Waals surface area (Å²) in [5.74, 6) is 0. The van der Waals surface area contributed by atoms with Crippen molar-refractivity contribution >= 4 is 8.25 Å². The Hall–Kier alpha value is -0.260. The molecular formula is C8H17O10P. The molecule has 0 amide bonds. The van der Waals surface area contributed by atoms with Crippen LogP contribution in [-0.4, -0.2) is 85.4 Å². The van der Waals surface area contributed by atoms with Crippen LogP contribution in [-0.2, 0) is 9.30 Å². The Morgan fingerprint density at radius 1 is 1.16 bits per heavy atom. The highest BCUT2D eigenvalue weighted by Crippen LogP contribution is 2.23. The molecule has 0 radical (unpaired) electrons. The number of aliphatic hydroxyl groups excluding tert-OH is 6. The maximum Gasteiger partial charge on any atom is 0.485 e. The molecule has 7 atom stereocenters. The molecular weight excluding hydrogens is 287 g/mol. The fraction of sp³-hybridized carbons (Fsp3) is 1.00. The van der Waals surface area contributed by atoms with Crippen molar-refractivity contribution in [3.63, 3.8) is 0 Å². The van der Waals surface area contributed by atoms with Crippen molar-refractivity contribution in [3.8, 4) is 0 Å². The molecule has 0 aromatic carbocycles. The molecule has 0 aromatic rings. The average Bonchev–Trinajstić information content (AvgIpc) is 2.35. The predicted molar refractivity (Wildman–Crippen MR) is 56.7 cm³/mol. The van der Waals surface area contributed by atoms with E-state index < -0.39 is 58.1 Å². The molecule has 3 unspecified atom stereocenters. The van der Waals surface area contributed by atoms with Crippen LogP contribution in [0.3, 0.4) is 0 Å². The standard InChI is InChI=1S/C8H16O7.HO3P/c9-1-3(11)8-7(14)6(13)5(12)4(2-10)15-8;1-4(2)3/h3-14H,1-2H2;(H,1,2,3)/t3-,4+,5?,6-,7+,8?;/m1./s1. The lowest BCUT2D eigenvalue weighted by atomic mass is 9.92. The third-order valence-corrected chi connectivity index (χ3v) is 2.50. The lowest BCUT2D eigenvalue weighted by molar-refractivity contribution is -0.251. The number of aliphatic hydroxyl groups is 6. The molecule has 0 aromatic heterocycles. The Kier molecular flexibility index (Phi) is 8.70. The molecule has 1 aliphatic rings. The Morgan fingerprint density at radius 2 is 1.63 bits per heavy atom. The van der Waals surface area contributed by atoms with Crippen LogP contribution in [0.15, 0.2) is 0 Å². The molecule has 11 heteroatoms. The molecule has 1 aliphatic heterocycles. The number of hydrogen-bond acceptors (Lipinski definition) is 9. The molecule has 1 saturated heterocycles. The van der Waals surface area contributed by atoms with E-state index in [1.165, 1.54) is 0 Å². The molecule has 1 rings (SSSR count). The van der Waals surface area contributed by atoms with E-state index in [9.17, 15) is 20.4 Å². The Labute approximate surface area is 109 Å². The van der Waals surface area contributed by atoms with Gasteiger partial charge in [0.2, 0.25) is 0 Å². The van der Waals surface area contributed by atoms with E-state index >= 15 is 0 Å². The third kappa shape index (κ3) is 5.71. The highest BCUT2D eigenvalue weighted by atomic mass is 31.1. The van der Waals surface area contributed by atoms with Gasteiger partial charge < -0.3 is 40.3 Å². The van der Waals surface area contributed by atoms with Crippen LogP contribution in [0, 0.1) is 0 Å². The molecule has 0 aliphatic carbocycles. The van der Waals surface area contributed by atoms with Crippen LogP contribution < -0.4 is 4.89 Å². The molecule has 7 N–H and O–H groups in total. The van der Waals surface area contributed by atoms with Crippen molar-refractivity contribution in [2.45, 2.75) is 36.6 Å². The topological polar surface area (TPSA) is 191 Å². The first-order chi connectivity index (χ1) is 8.76. The fourth-order valence-electron chi connectivity index (χ4n) is 1.55. The normalized spacial score (nSPS) is 37.1. The minimum absolute atomic E-state index is 0.556. The number of hydrogen-bond donors (Lipinski definition) is 7. The molecule has 10 nitrogen and oxygen atoms in total. The summed E-state index contributed by atoms with van der Waals surface area (Å²) >= 11 is 0. The Morgan fingerprint density at radius 3 is 2.00 bits per heavy atom. The largest absolute Gasteiger partial charge is 0.567 e.